The van der Waals surface area contributed by atoms with Crippen molar-refractivity contribution in [2.45, 2.75) is 45.1 Å². The van der Waals surface area contributed by atoms with Crippen molar-refractivity contribution in [3.8, 4) is 11.1 Å². The zero-order valence-corrected chi connectivity index (χ0v) is 17.3. The first-order valence-electron chi connectivity index (χ1n) is 10.2. The molecule has 1 aliphatic rings. The maximum absolute atomic E-state index is 12.4. The minimum atomic E-state index is -1.01. The number of amides is 1. The number of aliphatic carboxylic acids is 1. The molecule has 1 amide bonds. The number of carbonyl (C=O) groups excluding carboxylic acids is 2. The zero-order valence-electron chi connectivity index (χ0n) is 17.3. The van der Waals surface area contributed by atoms with Crippen LogP contribution in [-0.4, -0.2) is 35.6 Å². The normalized spacial score (nSPS) is 13.4. The topological polar surface area (TPSA) is 92.7 Å². The molecule has 158 valence electrons. The van der Waals surface area contributed by atoms with Crippen LogP contribution in [0.5, 0.6) is 0 Å². The fourth-order valence-corrected chi connectivity index (χ4v) is 3.91. The summed E-state index contributed by atoms with van der Waals surface area (Å²) in [7, 11) is 0. The zero-order chi connectivity index (χ0) is 21.7. The Hall–Kier alpha value is -3.15. The summed E-state index contributed by atoms with van der Waals surface area (Å²) in [4.78, 5) is 35.8. The van der Waals surface area contributed by atoms with Gasteiger partial charge in [-0.2, -0.15) is 0 Å². The first kappa shape index (κ1) is 21.6. The van der Waals surface area contributed by atoms with Gasteiger partial charge in [0, 0.05) is 18.8 Å². The molecule has 0 heterocycles. The van der Waals surface area contributed by atoms with Gasteiger partial charge in [0.15, 0.2) is 5.78 Å². The van der Waals surface area contributed by atoms with E-state index in [1.807, 2.05) is 50.2 Å². The van der Waals surface area contributed by atoms with Gasteiger partial charge in [0.05, 0.1) is 6.04 Å². The maximum Gasteiger partial charge on any atom is 0.407 e. The summed E-state index contributed by atoms with van der Waals surface area (Å²) in [6, 6.07) is 15.2. The van der Waals surface area contributed by atoms with E-state index in [0.717, 1.165) is 22.3 Å². The predicted octanol–water partition coefficient (Wildman–Crippen LogP) is 4.37. The third kappa shape index (κ3) is 5.06. The number of carboxylic acid groups (broad SMARTS) is 1. The van der Waals surface area contributed by atoms with Crippen LogP contribution in [0, 0.1) is 5.92 Å². The van der Waals surface area contributed by atoms with Crippen LogP contribution in [0.25, 0.3) is 11.1 Å². The number of fused-ring (bicyclic) bond motifs is 3. The number of carboxylic acids is 1. The SMILES string of the molecule is CC(C)CC(=O)[C@@H](CCC(=O)O)NC(=O)OCC1c2ccccc2-c2ccccc21. The number of Topliss-reactive ketones (excluding diaryl/α,β-unsaturated/α-hetero) is 1. The second kappa shape index (κ2) is 9.57. The van der Waals surface area contributed by atoms with Crippen molar-refractivity contribution in [3.63, 3.8) is 0 Å². The molecule has 0 aliphatic heterocycles. The average molecular weight is 409 g/mol. The summed E-state index contributed by atoms with van der Waals surface area (Å²) in [6.07, 6.45) is -0.582. The van der Waals surface area contributed by atoms with Gasteiger partial charge in [-0.15, -0.1) is 0 Å². The Morgan fingerprint density at radius 2 is 1.57 bits per heavy atom. The van der Waals surface area contributed by atoms with Crippen LogP contribution >= 0.6 is 0 Å². The average Bonchev–Trinajstić information content (AvgIpc) is 3.02. The molecule has 1 atom stereocenters. The Balaban J connectivity index is 1.66. The van der Waals surface area contributed by atoms with Gasteiger partial charge in [-0.05, 0) is 34.6 Å². The van der Waals surface area contributed by atoms with Crippen LogP contribution in [0.2, 0.25) is 0 Å². The van der Waals surface area contributed by atoms with Crippen LogP contribution < -0.4 is 5.32 Å². The third-order valence-electron chi connectivity index (χ3n) is 5.28. The van der Waals surface area contributed by atoms with Crippen LogP contribution in [-0.2, 0) is 14.3 Å². The van der Waals surface area contributed by atoms with E-state index in [4.69, 9.17) is 9.84 Å². The van der Waals surface area contributed by atoms with Crippen molar-refractivity contribution in [3.05, 3.63) is 59.7 Å². The van der Waals surface area contributed by atoms with E-state index in [9.17, 15) is 14.4 Å². The molecule has 6 nitrogen and oxygen atoms in total. The van der Waals surface area contributed by atoms with Crippen molar-refractivity contribution in [2.75, 3.05) is 6.61 Å². The summed E-state index contributed by atoms with van der Waals surface area (Å²) >= 11 is 0. The Morgan fingerprint density at radius 3 is 2.10 bits per heavy atom. The molecule has 0 saturated carbocycles. The first-order chi connectivity index (χ1) is 14.4. The van der Waals surface area contributed by atoms with E-state index in [1.165, 1.54) is 0 Å². The van der Waals surface area contributed by atoms with Gasteiger partial charge < -0.3 is 15.2 Å². The number of hydrogen-bond donors (Lipinski definition) is 2. The highest BCUT2D eigenvalue weighted by Gasteiger charge is 2.30. The highest BCUT2D eigenvalue weighted by Crippen LogP contribution is 2.44. The number of benzene rings is 2. The maximum atomic E-state index is 12.4. The lowest BCUT2D eigenvalue weighted by Crippen LogP contribution is -2.42. The largest absolute Gasteiger partial charge is 0.481 e. The number of alkyl carbamates (subject to hydrolysis) is 1. The van der Waals surface area contributed by atoms with Gasteiger partial charge in [-0.25, -0.2) is 4.79 Å². The molecule has 2 N–H and O–H groups in total. The number of hydrogen-bond acceptors (Lipinski definition) is 4. The molecule has 0 bridgehead atoms. The van der Waals surface area contributed by atoms with Crippen molar-refractivity contribution in [1.29, 1.82) is 0 Å². The molecule has 6 heteroatoms. The molecular weight excluding hydrogens is 382 g/mol. The second-order valence-electron chi connectivity index (χ2n) is 8.02. The van der Waals surface area contributed by atoms with E-state index in [-0.39, 0.29) is 43.5 Å². The Morgan fingerprint density at radius 1 is 1.00 bits per heavy atom. The molecule has 3 rings (SSSR count). The number of rotatable bonds is 9. The number of ketones is 1. The number of ether oxygens (including phenoxy) is 1. The summed E-state index contributed by atoms with van der Waals surface area (Å²) < 4.78 is 5.48. The molecule has 30 heavy (non-hydrogen) atoms. The molecule has 1 aliphatic carbocycles. The smallest absolute Gasteiger partial charge is 0.407 e. The number of nitrogens with one attached hydrogen (secondary N) is 1. The van der Waals surface area contributed by atoms with Crippen molar-refractivity contribution < 1.29 is 24.2 Å². The number of carbonyl (C=O) groups is 3. The monoisotopic (exact) mass is 409 g/mol. The minimum absolute atomic E-state index is 0.0467. The lowest BCUT2D eigenvalue weighted by molar-refractivity contribution is -0.137. The van der Waals surface area contributed by atoms with Crippen molar-refractivity contribution >= 4 is 17.8 Å². The van der Waals surface area contributed by atoms with E-state index in [0.29, 0.717) is 0 Å². The lowest BCUT2D eigenvalue weighted by atomic mass is 9.98. The van der Waals surface area contributed by atoms with E-state index >= 15 is 0 Å². The summed E-state index contributed by atoms with van der Waals surface area (Å²) in [5.74, 6) is -1.15. The third-order valence-corrected chi connectivity index (χ3v) is 5.28. The van der Waals surface area contributed by atoms with Crippen molar-refractivity contribution in [1.82, 2.24) is 5.32 Å². The Kier molecular flexibility index (Phi) is 6.87. The summed E-state index contributed by atoms with van der Waals surface area (Å²) in [5.41, 5.74) is 4.47. The molecule has 2 aromatic carbocycles. The molecule has 0 fully saturated rings. The molecule has 0 radical (unpaired) electrons. The summed E-state index contributed by atoms with van der Waals surface area (Å²) in [6.45, 7) is 3.95. The predicted molar refractivity (Wildman–Crippen MR) is 113 cm³/mol. The highest BCUT2D eigenvalue weighted by atomic mass is 16.5. The van der Waals surface area contributed by atoms with Gasteiger partial charge >= 0.3 is 12.1 Å². The van der Waals surface area contributed by atoms with Crippen LogP contribution in [0.4, 0.5) is 4.79 Å². The standard InChI is InChI=1S/C24H27NO5/c1-15(2)13-22(26)21(11-12-23(27)28)25-24(29)30-14-20-18-9-5-3-7-16(18)17-8-4-6-10-19(17)20/h3-10,15,20-21H,11-14H2,1-2H3,(H,25,29)(H,27,28)/t21-/m1/s1. The van der Waals surface area contributed by atoms with Crippen LogP contribution in [0.15, 0.2) is 48.5 Å². The van der Waals surface area contributed by atoms with E-state index < -0.39 is 18.1 Å². The van der Waals surface area contributed by atoms with Crippen molar-refractivity contribution in [2.24, 2.45) is 5.92 Å². The quantitative estimate of drug-likeness (QED) is 0.641. The molecular formula is C24H27NO5. The molecule has 0 unspecified atom stereocenters. The van der Waals surface area contributed by atoms with E-state index in [1.54, 1.807) is 0 Å². The van der Waals surface area contributed by atoms with Gasteiger partial charge in [0.25, 0.3) is 0 Å². The van der Waals surface area contributed by atoms with Gasteiger partial charge in [-0.3, -0.25) is 9.59 Å². The fourth-order valence-electron chi connectivity index (χ4n) is 3.91. The van der Waals surface area contributed by atoms with Gasteiger partial charge in [0.2, 0.25) is 0 Å². The molecule has 0 spiro atoms. The van der Waals surface area contributed by atoms with E-state index in [2.05, 4.69) is 17.4 Å². The Bertz CT molecular complexity index is 891. The lowest BCUT2D eigenvalue weighted by Gasteiger charge is -2.19. The highest BCUT2D eigenvalue weighted by molar-refractivity contribution is 5.88. The van der Waals surface area contributed by atoms with Crippen LogP contribution in [0.1, 0.15) is 50.2 Å². The summed E-state index contributed by atoms with van der Waals surface area (Å²) in [5, 5.41) is 11.5. The minimum Gasteiger partial charge on any atom is -0.481 e. The van der Waals surface area contributed by atoms with Crippen LogP contribution in [0.3, 0.4) is 0 Å². The first-order valence-corrected chi connectivity index (χ1v) is 10.2. The van der Waals surface area contributed by atoms with Gasteiger partial charge in [-0.1, -0.05) is 62.4 Å². The second-order valence-corrected chi connectivity index (χ2v) is 8.02. The Labute approximate surface area is 176 Å². The molecule has 0 aromatic heterocycles. The van der Waals surface area contributed by atoms with Gasteiger partial charge in [0.1, 0.15) is 6.61 Å². The molecule has 2 aromatic rings. The fraction of sp³-hybridized carbons (Fsp3) is 0.375. The molecule has 0 saturated heterocycles.